The van der Waals surface area contributed by atoms with Gasteiger partial charge in [-0.3, -0.25) is 9.59 Å². The third-order valence-electron chi connectivity index (χ3n) is 4.36. The molecule has 3 rings (SSSR count). The van der Waals surface area contributed by atoms with Crippen LogP contribution in [0.5, 0.6) is 5.75 Å². The molecule has 0 bridgehead atoms. The van der Waals surface area contributed by atoms with Crippen molar-refractivity contribution >= 4 is 63.7 Å². The summed E-state index contributed by atoms with van der Waals surface area (Å²) in [6, 6.07) is 18.8. The molecule has 0 saturated carbocycles. The molecule has 3 aromatic carbocycles. The van der Waals surface area contributed by atoms with Gasteiger partial charge in [0.25, 0.3) is 5.91 Å². The Balaban J connectivity index is 1.61. The Kier molecular flexibility index (Phi) is 8.05. The monoisotopic (exact) mass is 487 g/mol. The number of halogens is 2. The summed E-state index contributed by atoms with van der Waals surface area (Å²) < 4.78 is 5.38. The number of hydrogen-bond donors (Lipinski definition) is 3. The van der Waals surface area contributed by atoms with Gasteiger partial charge in [0.2, 0.25) is 5.91 Å². The van der Waals surface area contributed by atoms with Crippen LogP contribution in [0.25, 0.3) is 0 Å². The maximum Gasteiger partial charge on any atom is 0.257 e. The zero-order valence-corrected chi connectivity index (χ0v) is 19.3. The molecule has 32 heavy (non-hydrogen) atoms. The summed E-state index contributed by atoms with van der Waals surface area (Å²) in [5.41, 5.74) is 2.20. The van der Waals surface area contributed by atoms with Crippen molar-refractivity contribution in [2.45, 2.75) is 6.42 Å². The summed E-state index contributed by atoms with van der Waals surface area (Å²) in [7, 11) is 1.48. The molecule has 0 atom stereocenters. The molecule has 3 aromatic rings. The fourth-order valence-electron chi connectivity index (χ4n) is 2.83. The SMILES string of the molecule is COc1cc(NC(=S)NC(=O)Cc2ccc(Cl)cc2)ccc1NC(=O)c1ccccc1Cl. The summed E-state index contributed by atoms with van der Waals surface area (Å²) in [4.78, 5) is 24.7. The molecule has 0 saturated heterocycles. The number of hydrogen-bond acceptors (Lipinski definition) is 4. The summed E-state index contributed by atoms with van der Waals surface area (Å²) in [6.45, 7) is 0. The first kappa shape index (κ1) is 23.5. The zero-order valence-electron chi connectivity index (χ0n) is 16.9. The van der Waals surface area contributed by atoms with Gasteiger partial charge >= 0.3 is 0 Å². The number of carbonyl (C=O) groups is 2. The van der Waals surface area contributed by atoms with E-state index in [0.717, 1.165) is 5.56 Å². The average Bonchev–Trinajstić information content (AvgIpc) is 2.76. The Labute approximate surface area is 200 Å². The maximum absolute atomic E-state index is 12.5. The second-order valence-corrected chi connectivity index (χ2v) is 7.91. The number of anilines is 2. The van der Waals surface area contributed by atoms with Crippen LogP contribution in [0.4, 0.5) is 11.4 Å². The van der Waals surface area contributed by atoms with E-state index in [1.54, 1.807) is 66.7 Å². The Morgan fingerprint density at radius 2 is 1.69 bits per heavy atom. The van der Waals surface area contributed by atoms with Crippen LogP contribution < -0.4 is 20.7 Å². The van der Waals surface area contributed by atoms with Crippen LogP contribution in [0.2, 0.25) is 10.0 Å². The smallest absolute Gasteiger partial charge is 0.257 e. The molecular formula is C23H19Cl2N3O3S. The number of nitrogens with one attached hydrogen (secondary N) is 3. The van der Waals surface area contributed by atoms with E-state index in [0.29, 0.717) is 32.7 Å². The minimum absolute atomic E-state index is 0.138. The summed E-state index contributed by atoms with van der Waals surface area (Å²) in [6.07, 6.45) is 0.162. The fourth-order valence-corrected chi connectivity index (χ4v) is 3.41. The lowest BCUT2D eigenvalue weighted by molar-refractivity contribution is -0.119. The van der Waals surface area contributed by atoms with Crippen LogP contribution in [0.15, 0.2) is 66.7 Å². The predicted octanol–water partition coefficient (Wildman–Crippen LogP) is 5.31. The largest absolute Gasteiger partial charge is 0.494 e. The van der Waals surface area contributed by atoms with Crippen molar-refractivity contribution < 1.29 is 14.3 Å². The van der Waals surface area contributed by atoms with Gasteiger partial charge in [0.05, 0.1) is 29.8 Å². The van der Waals surface area contributed by atoms with Crippen molar-refractivity contribution in [1.29, 1.82) is 0 Å². The highest BCUT2D eigenvalue weighted by molar-refractivity contribution is 7.80. The lowest BCUT2D eigenvalue weighted by atomic mass is 10.1. The minimum Gasteiger partial charge on any atom is -0.494 e. The Hall–Kier alpha value is -3.13. The van der Waals surface area contributed by atoms with Crippen molar-refractivity contribution in [2.75, 3.05) is 17.7 Å². The number of thiocarbonyl (C=S) groups is 1. The van der Waals surface area contributed by atoms with Crippen molar-refractivity contribution in [1.82, 2.24) is 5.32 Å². The molecule has 0 fully saturated rings. The Morgan fingerprint density at radius 1 is 0.969 bits per heavy atom. The first-order valence-corrected chi connectivity index (χ1v) is 10.6. The minimum atomic E-state index is -0.361. The van der Waals surface area contributed by atoms with Crippen LogP contribution in [-0.4, -0.2) is 24.0 Å². The van der Waals surface area contributed by atoms with Crippen LogP contribution in [0, 0.1) is 0 Å². The maximum atomic E-state index is 12.5. The second-order valence-electron chi connectivity index (χ2n) is 6.65. The zero-order chi connectivity index (χ0) is 23.1. The van der Waals surface area contributed by atoms with Gasteiger partial charge in [-0.15, -0.1) is 0 Å². The molecule has 164 valence electrons. The van der Waals surface area contributed by atoms with Gasteiger partial charge in [-0.1, -0.05) is 47.5 Å². The number of ether oxygens (including phenoxy) is 1. The number of benzene rings is 3. The Bertz CT molecular complexity index is 1150. The molecule has 2 amide bonds. The molecule has 0 radical (unpaired) electrons. The molecular weight excluding hydrogens is 469 g/mol. The van der Waals surface area contributed by atoms with Gasteiger partial charge in [0.15, 0.2) is 5.11 Å². The van der Waals surface area contributed by atoms with Gasteiger partial charge in [-0.05, 0) is 54.2 Å². The quantitative estimate of drug-likeness (QED) is 0.410. The molecule has 0 unspecified atom stereocenters. The number of carbonyl (C=O) groups excluding carboxylic acids is 2. The first-order valence-electron chi connectivity index (χ1n) is 9.45. The van der Waals surface area contributed by atoms with E-state index in [9.17, 15) is 9.59 Å². The van der Waals surface area contributed by atoms with Gasteiger partial charge in [0.1, 0.15) is 5.75 Å². The van der Waals surface area contributed by atoms with E-state index in [-0.39, 0.29) is 23.3 Å². The molecule has 0 spiro atoms. The van der Waals surface area contributed by atoms with Gasteiger partial charge < -0.3 is 20.7 Å². The predicted molar refractivity (Wildman–Crippen MR) is 132 cm³/mol. The van der Waals surface area contributed by atoms with Crippen LogP contribution in [0.1, 0.15) is 15.9 Å². The lowest BCUT2D eigenvalue weighted by Crippen LogP contribution is -2.35. The molecule has 0 aliphatic heterocycles. The highest BCUT2D eigenvalue weighted by Gasteiger charge is 2.14. The molecule has 9 heteroatoms. The highest BCUT2D eigenvalue weighted by Crippen LogP contribution is 2.29. The van der Waals surface area contributed by atoms with E-state index in [1.165, 1.54) is 7.11 Å². The lowest BCUT2D eigenvalue weighted by Gasteiger charge is -2.14. The molecule has 3 N–H and O–H groups in total. The van der Waals surface area contributed by atoms with Crippen molar-refractivity contribution in [3.05, 3.63) is 87.9 Å². The molecule has 0 aromatic heterocycles. The van der Waals surface area contributed by atoms with Crippen molar-refractivity contribution in [3.63, 3.8) is 0 Å². The van der Waals surface area contributed by atoms with E-state index in [4.69, 9.17) is 40.2 Å². The van der Waals surface area contributed by atoms with Gasteiger partial charge in [-0.25, -0.2) is 0 Å². The van der Waals surface area contributed by atoms with Gasteiger partial charge in [-0.2, -0.15) is 0 Å². The van der Waals surface area contributed by atoms with Gasteiger partial charge in [0, 0.05) is 16.8 Å². The van der Waals surface area contributed by atoms with Crippen LogP contribution in [0.3, 0.4) is 0 Å². The van der Waals surface area contributed by atoms with E-state index in [1.807, 2.05) is 0 Å². The highest BCUT2D eigenvalue weighted by atomic mass is 35.5. The second kappa shape index (κ2) is 10.9. The molecule has 6 nitrogen and oxygen atoms in total. The third-order valence-corrected chi connectivity index (χ3v) is 5.14. The van der Waals surface area contributed by atoms with Crippen LogP contribution in [-0.2, 0) is 11.2 Å². The average molecular weight is 488 g/mol. The summed E-state index contributed by atoms with van der Waals surface area (Å²) in [5.74, 6) is -0.217. The summed E-state index contributed by atoms with van der Waals surface area (Å²) in [5, 5.41) is 9.42. The summed E-state index contributed by atoms with van der Waals surface area (Å²) >= 11 is 17.2. The number of methoxy groups -OCH3 is 1. The normalized spacial score (nSPS) is 10.2. The molecule has 0 aliphatic rings. The Morgan fingerprint density at radius 3 is 2.38 bits per heavy atom. The molecule has 0 aliphatic carbocycles. The molecule has 0 heterocycles. The fraction of sp³-hybridized carbons (Fsp3) is 0.0870. The van der Waals surface area contributed by atoms with E-state index >= 15 is 0 Å². The standard InChI is InChI=1S/C23H19Cl2N3O3S/c1-31-20-13-16(10-11-19(20)27-22(30)17-4-2-3-5-18(17)25)26-23(32)28-21(29)12-14-6-8-15(24)9-7-14/h2-11,13H,12H2,1H3,(H,27,30)(H2,26,28,29,32). The number of amides is 2. The van der Waals surface area contributed by atoms with Crippen molar-refractivity contribution in [3.8, 4) is 5.75 Å². The van der Waals surface area contributed by atoms with Crippen molar-refractivity contribution in [2.24, 2.45) is 0 Å². The van der Waals surface area contributed by atoms with E-state index in [2.05, 4.69) is 16.0 Å². The third kappa shape index (κ3) is 6.43. The first-order chi connectivity index (χ1) is 15.4. The van der Waals surface area contributed by atoms with Crippen LogP contribution >= 0.6 is 35.4 Å². The topological polar surface area (TPSA) is 79.5 Å². The number of rotatable bonds is 6. The van der Waals surface area contributed by atoms with E-state index < -0.39 is 0 Å².